The molecule has 72 valence electrons. The van der Waals surface area contributed by atoms with Crippen LogP contribution in [0.15, 0.2) is 0 Å². The summed E-state index contributed by atoms with van der Waals surface area (Å²) in [5.41, 5.74) is 5.56. The van der Waals surface area contributed by atoms with Crippen molar-refractivity contribution in [1.82, 2.24) is 9.55 Å². The standard InChI is InChI=1S/C8H13N3O2/c1-4(2)11-5(3)10-6(7(11)9)8(12)13/h4H,9H2,1-3H3,(H,12,13). The number of nitrogens with zero attached hydrogens (tertiary/aromatic N) is 2. The fourth-order valence-electron chi connectivity index (χ4n) is 1.37. The van der Waals surface area contributed by atoms with Crippen LogP contribution in [-0.2, 0) is 0 Å². The Kier molecular flexibility index (Phi) is 2.27. The van der Waals surface area contributed by atoms with Crippen molar-refractivity contribution in [2.75, 3.05) is 5.73 Å². The molecule has 0 radical (unpaired) electrons. The van der Waals surface area contributed by atoms with Gasteiger partial charge in [-0.3, -0.25) is 0 Å². The zero-order valence-electron chi connectivity index (χ0n) is 7.90. The smallest absolute Gasteiger partial charge is 0.358 e. The Morgan fingerprint density at radius 3 is 2.38 bits per heavy atom. The van der Waals surface area contributed by atoms with Crippen molar-refractivity contribution in [2.24, 2.45) is 0 Å². The fraction of sp³-hybridized carbons (Fsp3) is 0.500. The van der Waals surface area contributed by atoms with Gasteiger partial charge >= 0.3 is 5.97 Å². The minimum atomic E-state index is -1.08. The zero-order chi connectivity index (χ0) is 10.2. The van der Waals surface area contributed by atoms with Crippen LogP contribution in [0.25, 0.3) is 0 Å². The predicted octanol–water partition coefficient (Wildman–Crippen LogP) is 1.05. The lowest BCUT2D eigenvalue weighted by Gasteiger charge is -2.10. The number of hydrogen-bond acceptors (Lipinski definition) is 3. The third kappa shape index (κ3) is 1.49. The quantitative estimate of drug-likeness (QED) is 0.718. The van der Waals surface area contributed by atoms with Gasteiger partial charge in [0.2, 0.25) is 0 Å². The third-order valence-corrected chi connectivity index (χ3v) is 1.84. The van der Waals surface area contributed by atoms with Crippen LogP contribution in [-0.4, -0.2) is 20.6 Å². The summed E-state index contributed by atoms with van der Waals surface area (Å²) >= 11 is 0. The first-order chi connectivity index (χ1) is 5.95. The summed E-state index contributed by atoms with van der Waals surface area (Å²) in [6, 6.07) is 0.126. The van der Waals surface area contributed by atoms with E-state index in [1.165, 1.54) is 0 Å². The van der Waals surface area contributed by atoms with Gasteiger partial charge in [0.15, 0.2) is 5.69 Å². The number of aromatic carboxylic acids is 1. The van der Waals surface area contributed by atoms with E-state index >= 15 is 0 Å². The van der Waals surface area contributed by atoms with Crippen LogP contribution in [0.3, 0.4) is 0 Å². The molecule has 5 heteroatoms. The first kappa shape index (κ1) is 9.57. The summed E-state index contributed by atoms with van der Waals surface area (Å²) in [6.07, 6.45) is 0. The highest BCUT2D eigenvalue weighted by atomic mass is 16.4. The summed E-state index contributed by atoms with van der Waals surface area (Å²) in [7, 11) is 0. The normalized spacial score (nSPS) is 10.8. The number of aryl methyl sites for hydroxylation is 1. The minimum Gasteiger partial charge on any atom is -0.476 e. The molecule has 0 aliphatic rings. The Morgan fingerprint density at radius 1 is 1.62 bits per heavy atom. The molecule has 0 saturated carbocycles. The second-order valence-corrected chi connectivity index (χ2v) is 3.16. The maximum atomic E-state index is 10.7. The van der Waals surface area contributed by atoms with E-state index in [2.05, 4.69) is 4.98 Å². The lowest BCUT2D eigenvalue weighted by atomic mass is 10.3. The van der Waals surface area contributed by atoms with Crippen molar-refractivity contribution >= 4 is 11.8 Å². The number of nitrogens with two attached hydrogens (primary N) is 1. The SMILES string of the molecule is Cc1nc(C(=O)O)c(N)n1C(C)C. The number of hydrogen-bond donors (Lipinski definition) is 2. The predicted molar refractivity (Wildman–Crippen MR) is 48.7 cm³/mol. The molecule has 0 amide bonds. The largest absolute Gasteiger partial charge is 0.476 e. The molecular formula is C8H13N3O2. The van der Waals surface area contributed by atoms with E-state index in [1.807, 2.05) is 13.8 Å². The summed E-state index contributed by atoms with van der Waals surface area (Å²) in [4.78, 5) is 14.5. The van der Waals surface area contributed by atoms with Crippen molar-refractivity contribution in [3.8, 4) is 0 Å². The Morgan fingerprint density at radius 2 is 2.15 bits per heavy atom. The van der Waals surface area contributed by atoms with Gasteiger partial charge < -0.3 is 15.4 Å². The van der Waals surface area contributed by atoms with E-state index in [-0.39, 0.29) is 17.6 Å². The van der Waals surface area contributed by atoms with E-state index in [9.17, 15) is 4.79 Å². The molecule has 0 fully saturated rings. The van der Waals surface area contributed by atoms with Crippen LogP contribution in [0.5, 0.6) is 0 Å². The van der Waals surface area contributed by atoms with Crippen LogP contribution >= 0.6 is 0 Å². The van der Waals surface area contributed by atoms with Gasteiger partial charge in [0.05, 0.1) is 0 Å². The van der Waals surface area contributed by atoms with E-state index in [1.54, 1.807) is 11.5 Å². The number of anilines is 1. The number of carboxylic acid groups (broad SMARTS) is 1. The fourth-order valence-corrected chi connectivity index (χ4v) is 1.37. The lowest BCUT2D eigenvalue weighted by molar-refractivity contribution is 0.0692. The number of nitrogen functional groups attached to an aromatic ring is 1. The Balaban J connectivity index is 3.30. The van der Waals surface area contributed by atoms with Gasteiger partial charge in [-0.2, -0.15) is 0 Å². The van der Waals surface area contributed by atoms with E-state index in [0.29, 0.717) is 5.82 Å². The summed E-state index contributed by atoms with van der Waals surface area (Å²) in [5.74, 6) is -0.232. The molecule has 1 aromatic rings. The highest BCUT2D eigenvalue weighted by molar-refractivity contribution is 5.90. The maximum absolute atomic E-state index is 10.7. The molecule has 0 atom stereocenters. The van der Waals surface area contributed by atoms with Crippen LogP contribution in [0.4, 0.5) is 5.82 Å². The molecule has 3 N–H and O–H groups in total. The van der Waals surface area contributed by atoms with Gasteiger partial charge in [-0.15, -0.1) is 0 Å². The number of aromatic nitrogens is 2. The van der Waals surface area contributed by atoms with E-state index in [0.717, 1.165) is 0 Å². The van der Waals surface area contributed by atoms with Crippen LogP contribution in [0, 0.1) is 6.92 Å². The highest BCUT2D eigenvalue weighted by Gasteiger charge is 2.18. The molecule has 1 rings (SSSR count). The molecule has 5 nitrogen and oxygen atoms in total. The molecule has 0 aliphatic heterocycles. The zero-order valence-corrected chi connectivity index (χ0v) is 7.90. The van der Waals surface area contributed by atoms with Gasteiger partial charge in [-0.25, -0.2) is 9.78 Å². The molecule has 0 bridgehead atoms. The van der Waals surface area contributed by atoms with Crippen molar-refractivity contribution < 1.29 is 9.90 Å². The monoisotopic (exact) mass is 183 g/mol. The Bertz CT molecular complexity index is 341. The van der Waals surface area contributed by atoms with E-state index in [4.69, 9.17) is 10.8 Å². The van der Waals surface area contributed by atoms with Crippen molar-refractivity contribution in [1.29, 1.82) is 0 Å². The molecule has 0 aliphatic carbocycles. The molecule has 13 heavy (non-hydrogen) atoms. The molecule has 0 unspecified atom stereocenters. The first-order valence-electron chi connectivity index (χ1n) is 4.02. The average Bonchev–Trinajstić information content (AvgIpc) is 2.26. The Hall–Kier alpha value is -1.52. The number of rotatable bonds is 2. The molecule has 1 heterocycles. The van der Waals surface area contributed by atoms with Gasteiger partial charge in [-0.05, 0) is 20.8 Å². The van der Waals surface area contributed by atoms with Gasteiger partial charge in [0, 0.05) is 6.04 Å². The second kappa shape index (κ2) is 3.08. The maximum Gasteiger partial charge on any atom is 0.358 e. The van der Waals surface area contributed by atoms with Crippen LogP contribution in [0.1, 0.15) is 36.2 Å². The summed E-state index contributed by atoms with van der Waals surface area (Å²) < 4.78 is 1.70. The topological polar surface area (TPSA) is 81.1 Å². The van der Waals surface area contributed by atoms with Gasteiger partial charge in [0.1, 0.15) is 11.6 Å². The molecular weight excluding hydrogens is 170 g/mol. The number of carboxylic acids is 1. The average molecular weight is 183 g/mol. The number of imidazole rings is 1. The molecule has 0 spiro atoms. The molecule has 0 aromatic carbocycles. The molecule has 0 saturated heterocycles. The van der Waals surface area contributed by atoms with Crippen LogP contribution in [0.2, 0.25) is 0 Å². The van der Waals surface area contributed by atoms with Crippen molar-refractivity contribution in [3.63, 3.8) is 0 Å². The Labute approximate surface area is 76.2 Å². The third-order valence-electron chi connectivity index (χ3n) is 1.84. The van der Waals surface area contributed by atoms with E-state index < -0.39 is 5.97 Å². The van der Waals surface area contributed by atoms with Crippen molar-refractivity contribution in [3.05, 3.63) is 11.5 Å². The highest BCUT2D eigenvalue weighted by Crippen LogP contribution is 2.19. The van der Waals surface area contributed by atoms with Crippen molar-refractivity contribution in [2.45, 2.75) is 26.8 Å². The number of carbonyl (C=O) groups is 1. The summed E-state index contributed by atoms with van der Waals surface area (Å²) in [5, 5.41) is 8.73. The minimum absolute atomic E-state index is 0.0637. The lowest BCUT2D eigenvalue weighted by Crippen LogP contribution is -2.09. The second-order valence-electron chi connectivity index (χ2n) is 3.16. The summed E-state index contributed by atoms with van der Waals surface area (Å²) in [6.45, 7) is 5.59. The van der Waals surface area contributed by atoms with Gasteiger partial charge in [-0.1, -0.05) is 0 Å². The first-order valence-corrected chi connectivity index (χ1v) is 4.02. The molecule has 1 aromatic heterocycles. The van der Waals surface area contributed by atoms with Gasteiger partial charge in [0.25, 0.3) is 0 Å². The van der Waals surface area contributed by atoms with Crippen LogP contribution < -0.4 is 5.73 Å².